The van der Waals surface area contributed by atoms with Crippen molar-refractivity contribution in [1.82, 2.24) is 0 Å². The number of phenolic OH excluding ortho intramolecular Hbond substituents is 2. The second-order valence-electron chi connectivity index (χ2n) is 16.2. The van der Waals surface area contributed by atoms with E-state index in [0.29, 0.717) is 17.9 Å². The lowest BCUT2D eigenvalue weighted by atomic mass is 9.76. The van der Waals surface area contributed by atoms with Gasteiger partial charge in [-0.25, -0.2) is 0 Å². The zero-order chi connectivity index (χ0) is 34.7. The third kappa shape index (κ3) is 14.2. The fraction of sp³-hybridized carbons (Fsp3) is 0.733. The summed E-state index contributed by atoms with van der Waals surface area (Å²) in [5.74, 6) is 0.894. The molecule has 2 nitrogen and oxygen atoms in total. The second-order valence-corrected chi connectivity index (χ2v) is 16.2. The Labute approximate surface area is 292 Å². The van der Waals surface area contributed by atoms with Crippen LogP contribution in [-0.4, -0.2) is 10.2 Å². The molecule has 2 heteroatoms. The molecule has 0 amide bonds. The molecule has 0 unspecified atom stereocenters. The average molecular weight is 649 g/mol. The van der Waals surface area contributed by atoms with Gasteiger partial charge in [0.2, 0.25) is 0 Å². The lowest BCUT2D eigenvalue weighted by Gasteiger charge is -2.29. The Bertz CT molecular complexity index is 1050. The van der Waals surface area contributed by atoms with Crippen molar-refractivity contribution in [3.8, 4) is 11.5 Å². The highest BCUT2D eigenvalue weighted by Crippen LogP contribution is 2.42. The van der Waals surface area contributed by atoms with Gasteiger partial charge < -0.3 is 10.2 Å². The topological polar surface area (TPSA) is 40.5 Å². The molecule has 47 heavy (non-hydrogen) atoms. The van der Waals surface area contributed by atoms with Gasteiger partial charge in [-0.15, -0.1) is 0 Å². The number of hydrogen-bond acceptors (Lipinski definition) is 2. The number of benzene rings is 2. The summed E-state index contributed by atoms with van der Waals surface area (Å²) in [5, 5.41) is 23.9. The van der Waals surface area contributed by atoms with Crippen LogP contribution in [0.1, 0.15) is 217 Å². The number of hydrogen-bond donors (Lipinski definition) is 2. The molecule has 2 N–H and O–H groups in total. The van der Waals surface area contributed by atoms with Gasteiger partial charge in [0.1, 0.15) is 11.5 Å². The van der Waals surface area contributed by atoms with E-state index in [1.165, 1.54) is 127 Å². The molecule has 0 saturated carbocycles. The van der Waals surface area contributed by atoms with Crippen LogP contribution in [-0.2, 0) is 30.1 Å². The van der Waals surface area contributed by atoms with Crippen LogP contribution in [0.5, 0.6) is 11.5 Å². The van der Waals surface area contributed by atoms with Crippen molar-refractivity contribution >= 4 is 0 Å². The molecular formula is C45H76O2. The summed E-state index contributed by atoms with van der Waals surface area (Å²) in [6, 6.07) is 9.15. The van der Waals surface area contributed by atoms with Crippen LogP contribution >= 0.6 is 0 Å². The number of rotatable bonds is 26. The Balaban J connectivity index is 2.50. The van der Waals surface area contributed by atoms with Gasteiger partial charge in [-0.1, -0.05) is 182 Å². The van der Waals surface area contributed by atoms with Crippen LogP contribution in [0.25, 0.3) is 0 Å². The highest BCUT2D eigenvalue weighted by molar-refractivity contribution is 5.53. The zero-order valence-electron chi connectivity index (χ0n) is 32.5. The van der Waals surface area contributed by atoms with Crippen molar-refractivity contribution in [2.24, 2.45) is 0 Å². The third-order valence-electron chi connectivity index (χ3n) is 10.8. The van der Waals surface area contributed by atoms with E-state index in [1.54, 1.807) is 0 Å². The molecule has 268 valence electrons. The van der Waals surface area contributed by atoms with Crippen molar-refractivity contribution < 1.29 is 10.2 Å². The molecule has 0 aliphatic heterocycles. The molecule has 0 aliphatic carbocycles. The van der Waals surface area contributed by atoms with E-state index >= 15 is 0 Å². The molecule has 0 atom stereocenters. The number of unbranched alkanes of at least 4 members (excludes halogenated alkanes) is 14. The van der Waals surface area contributed by atoms with Gasteiger partial charge in [0.25, 0.3) is 0 Å². The maximum absolute atomic E-state index is 11.9. The molecular weight excluding hydrogens is 572 g/mol. The molecule has 0 aromatic heterocycles. The van der Waals surface area contributed by atoms with E-state index in [1.807, 2.05) is 0 Å². The van der Waals surface area contributed by atoms with Gasteiger partial charge in [0.15, 0.2) is 0 Å². The minimum Gasteiger partial charge on any atom is -0.507 e. The Kier molecular flexibility index (Phi) is 19.2. The molecule has 0 radical (unpaired) electrons. The van der Waals surface area contributed by atoms with Crippen molar-refractivity contribution in [2.75, 3.05) is 0 Å². The van der Waals surface area contributed by atoms with E-state index in [9.17, 15) is 10.2 Å². The Hall–Kier alpha value is -1.96. The molecule has 2 aromatic rings. The van der Waals surface area contributed by atoms with E-state index in [4.69, 9.17) is 0 Å². The van der Waals surface area contributed by atoms with Crippen molar-refractivity contribution in [1.29, 1.82) is 0 Å². The SMILES string of the molecule is CCCCCCCCc1cc(Cc2cc(CCCCCCCC)cc(C(C)(C)CCCCC)c2O)c(O)c(C(C)(C)CCCCC)c1. The summed E-state index contributed by atoms with van der Waals surface area (Å²) >= 11 is 0. The van der Waals surface area contributed by atoms with Crippen LogP contribution in [0, 0.1) is 0 Å². The predicted molar refractivity (Wildman–Crippen MR) is 208 cm³/mol. The zero-order valence-corrected chi connectivity index (χ0v) is 32.5. The maximum atomic E-state index is 11.9. The minimum atomic E-state index is -0.0980. The molecule has 2 rings (SSSR count). The van der Waals surface area contributed by atoms with Crippen LogP contribution in [0.15, 0.2) is 24.3 Å². The molecule has 0 heterocycles. The number of aromatic hydroxyl groups is 2. The highest BCUT2D eigenvalue weighted by atomic mass is 16.3. The monoisotopic (exact) mass is 649 g/mol. The van der Waals surface area contributed by atoms with Crippen LogP contribution in [0.4, 0.5) is 0 Å². The fourth-order valence-electron chi connectivity index (χ4n) is 7.44. The Morgan fingerprint density at radius 2 is 0.745 bits per heavy atom. The summed E-state index contributed by atoms with van der Waals surface area (Å²) in [6.45, 7) is 18.3. The lowest BCUT2D eigenvalue weighted by molar-refractivity contribution is 0.401. The first-order chi connectivity index (χ1) is 22.5. The first-order valence-electron chi connectivity index (χ1n) is 20.2. The minimum absolute atomic E-state index is 0.0980. The predicted octanol–water partition coefficient (Wildman–Crippen LogP) is 14.2. The first kappa shape index (κ1) is 41.2. The van der Waals surface area contributed by atoms with Gasteiger partial charge in [0.05, 0.1) is 0 Å². The van der Waals surface area contributed by atoms with Crippen LogP contribution < -0.4 is 0 Å². The van der Waals surface area contributed by atoms with Gasteiger partial charge >= 0.3 is 0 Å². The number of phenols is 2. The first-order valence-corrected chi connectivity index (χ1v) is 20.2. The summed E-state index contributed by atoms with van der Waals surface area (Å²) in [4.78, 5) is 0. The Morgan fingerprint density at radius 3 is 1.11 bits per heavy atom. The smallest absolute Gasteiger partial charge is 0.122 e. The molecule has 0 fully saturated rings. The van der Waals surface area contributed by atoms with Crippen LogP contribution in [0.2, 0.25) is 0 Å². The standard InChI is InChI=1S/C45H76O2/c1-9-13-17-19-21-23-27-36-31-38(42(46)40(33-36)44(5,6)29-25-15-11-3)35-39-32-37(28-24-22-20-18-14-10-2)34-41(43(39)47)45(7,8)30-26-16-12-4/h31-34,46-47H,9-30,35H2,1-8H3. The average Bonchev–Trinajstić information content (AvgIpc) is 3.03. The highest BCUT2D eigenvalue weighted by Gasteiger charge is 2.28. The molecule has 2 aromatic carbocycles. The fourth-order valence-corrected chi connectivity index (χ4v) is 7.44. The van der Waals surface area contributed by atoms with E-state index in [0.717, 1.165) is 47.9 Å². The molecule has 0 saturated heterocycles. The van der Waals surface area contributed by atoms with Crippen molar-refractivity contribution in [3.63, 3.8) is 0 Å². The molecule has 0 spiro atoms. The van der Waals surface area contributed by atoms with E-state index in [2.05, 4.69) is 79.7 Å². The van der Waals surface area contributed by atoms with Gasteiger partial charge in [0, 0.05) is 17.5 Å². The van der Waals surface area contributed by atoms with Crippen molar-refractivity contribution in [2.45, 2.75) is 214 Å². The van der Waals surface area contributed by atoms with Crippen LogP contribution in [0.3, 0.4) is 0 Å². The lowest BCUT2D eigenvalue weighted by Crippen LogP contribution is -2.19. The normalized spacial score (nSPS) is 12.3. The summed E-state index contributed by atoms with van der Waals surface area (Å²) in [6.07, 6.45) is 27.5. The van der Waals surface area contributed by atoms with E-state index in [-0.39, 0.29) is 10.8 Å². The quantitative estimate of drug-likeness (QED) is 0.0997. The van der Waals surface area contributed by atoms with Gasteiger partial charge in [-0.2, -0.15) is 0 Å². The second kappa shape index (κ2) is 21.9. The summed E-state index contributed by atoms with van der Waals surface area (Å²) in [5.41, 5.74) is 6.63. The third-order valence-corrected chi connectivity index (χ3v) is 10.8. The summed E-state index contributed by atoms with van der Waals surface area (Å²) in [7, 11) is 0. The Morgan fingerprint density at radius 1 is 0.426 bits per heavy atom. The van der Waals surface area contributed by atoms with Crippen molar-refractivity contribution in [3.05, 3.63) is 57.6 Å². The van der Waals surface area contributed by atoms with E-state index < -0.39 is 0 Å². The summed E-state index contributed by atoms with van der Waals surface area (Å²) < 4.78 is 0. The molecule has 0 bridgehead atoms. The largest absolute Gasteiger partial charge is 0.507 e. The van der Waals surface area contributed by atoms with Gasteiger partial charge in [-0.05, 0) is 71.6 Å². The maximum Gasteiger partial charge on any atom is 0.122 e. The van der Waals surface area contributed by atoms with Gasteiger partial charge in [-0.3, -0.25) is 0 Å². The number of aryl methyl sites for hydroxylation is 2. The molecule has 0 aliphatic rings.